The average Bonchev–Trinajstić information content (AvgIpc) is 3.15. The summed E-state index contributed by atoms with van der Waals surface area (Å²) < 4.78 is 44.6. The van der Waals surface area contributed by atoms with Gasteiger partial charge in [0, 0.05) is 17.7 Å². The molecule has 1 N–H and O–H groups in total. The lowest BCUT2D eigenvalue weighted by Crippen LogP contribution is -2.36. The first-order valence-corrected chi connectivity index (χ1v) is 8.23. The molecular formula is C18H17F3N4O. The number of nitriles is 1. The van der Waals surface area contributed by atoms with Crippen LogP contribution in [-0.2, 0) is 6.18 Å². The predicted molar refractivity (Wildman–Crippen MR) is 88.3 cm³/mol. The molecule has 1 aromatic heterocycles. The summed E-state index contributed by atoms with van der Waals surface area (Å²) in [5.41, 5.74) is -0.322. The maximum absolute atomic E-state index is 12.9. The second-order valence-electron chi connectivity index (χ2n) is 6.13. The Morgan fingerprint density at radius 1 is 1.31 bits per heavy atom. The highest BCUT2D eigenvalue weighted by molar-refractivity contribution is 5.61. The van der Waals surface area contributed by atoms with Crippen LogP contribution in [0.3, 0.4) is 0 Å². The summed E-state index contributed by atoms with van der Waals surface area (Å²) in [7, 11) is 0. The van der Waals surface area contributed by atoms with Gasteiger partial charge in [-0.3, -0.25) is 0 Å². The van der Waals surface area contributed by atoms with Crippen LogP contribution in [0.5, 0.6) is 5.88 Å². The van der Waals surface area contributed by atoms with Gasteiger partial charge in [0.05, 0.1) is 11.3 Å². The Labute approximate surface area is 148 Å². The van der Waals surface area contributed by atoms with Crippen LogP contribution >= 0.6 is 0 Å². The van der Waals surface area contributed by atoms with Gasteiger partial charge < -0.3 is 10.1 Å². The standard InChI is InChI=1S/C18H17F3N4O/c1-11(14-6-3-7-23-14)26-17-9-15(24-16(10-22)25-17)12-4-2-5-13(8-12)18(19,20)21/h2,4-5,8-9,11,14,23H,3,6-7H2,1H3/t11?,14-/m0/s1. The van der Waals surface area contributed by atoms with E-state index < -0.39 is 11.7 Å². The number of benzene rings is 1. The Kier molecular flexibility index (Phi) is 5.09. The van der Waals surface area contributed by atoms with Gasteiger partial charge in [0.15, 0.2) is 0 Å². The van der Waals surface area contributed by atoms with Crippen LogP contribution in [0.4, 0.5) is 13.2 Å². The monoisotopic (exact) mass is 362 g/mol. The van der Waals surface area contributed by atoms with E-state index in [-0.39, 0.29) is 35.1 Å². The number of hydrogen-bond donors (Lipinski definition) is 1. The summed E-state index contributed by atoms with van der Waals surface area (Å²) in [5, 5.41) is 12.5. The molecular weight excluding hydrogens is 345 g/mol. The molecule has 5 nitrogen and oxygen atoms in total. The summed E-state index contributed by atoms with van der Waals surface area (Å²) in [5.74, 6) is 0.0201. The number of hydrogen-bond acceptors (Lipinski definition) is 5. The molecule has 2 heterocycles. The fourth-order valence-electron chi connectivity index (χ4n) is 2.92. The Morgan fingerprint density at radius 2 is 2.12 bits per heavy atom. The van der Waals surface area contributed by atoms with Gasteiger partial charge in [0.1, 0.15) is 12.2 Å². The molecule has 1 fully saturated rings. The second-order valence-corrected chi connectivity index (χ2v) is 6.13. The highest BCUT2D eigenvalue weighted by atomic mass is 19.4. The van der Waals surface area contributed by atoms with Crippen molar-refractivity contribution in [1.82, 2.24) is 15.3 Å². The van der Waals surface area contributed by atoms with Gasteiger partial charge in [-0.1, -0.05) is 12.1 Å². The highest BCUT2D eigenvalue weighted by Crippen LogP contribution is 2.32. The number of aromatic nitrogens is 2. The number of halogens is 3. The lowest BCUT2D eigenvalue weighted by molar-refractivity contribution is -0.137. The van der Waals surface area contributed by atoms with Crippen LogP contribution in [-0.4, -0.2) is 28.7 Å². The Bertz CT molecular complexity index is 826. The molecule has 0 spiro atoms. The van der Waals surface area contributed by atoms with Crippen molar-refractivity contribution in [1.29, 1.82) is 5.26 Å². The predicted octanol–water partition coefficient (Wildman–Crippen LogP) is 3.55. The summed E-state index contributed by atoms with van der Waals surface area (Å²) >= 11 is 0. The molecule has 8 heteroatoms. The van der Waals surface area contributed by atoms with Crippen LogP contribution in [0.15, 0.2) is 30.3 Å². The van der Waals surface area contributed by atoms with Crippen molar-refractivity contribution in [3.8, 4) is 23.2 Å². The van der Waals surface area contributed by atoms with Crippen molar-refractivity contribution in [3.05, 3.63) is 41.7 Å². The first kappa shape index (κ1) is 18.1. The summed E-state index contributed by atoms with van der Waals surface area (Å²) in [6, 6.07) is 8.25. The molecule has 1 aliphatic heterocycles. The topological polar surface area (TPSA) is 70.8 Å². The van der Waals surface area contributed by atoms with E-state index in [1.54, 1.807) is 0 Å². The third-order valence-corrected chi connectivity index (χ3v) is 4.26. The van der Waals surface area contributed by atoms with E-state index in [4.69, 9.17) is 10.00 Å². The van der Waals surface area contributed by atoms with Gasteiger partial charge in [-0.15, -0.1) is 0 Å². The summed E-state index contributed by atoms with van der Waals surface area (Å²) in [4.78, 5) is 8.03. The van der Waals surface area contributed by atoms with E-state index in [9.17, 15) is 13.2 Å². The number of alkyl halides is 3. The lowest BCUT2D eigenvalue weighted by atomic mass is 10.1. The van der Waals surface area contributed by atoms with E-state index in [2.05, 4.69) is 15.3 Å². The molecule has 0 saturated carbocycles. The molecule has 1 aromatic carbocycles. The van der Waals surface area contributed by atoms with Crippen molar-refractivity contribution in [2.75, 3.05) is 6.54 Å². The zero-order chi connectivity index (χ0) is 18.7. The summed E-state index contributed by atoms with van der Waals surface area (Å²) in [6.45, 7) is 2.81. The third kappa shape index (κ3) is 4.11. The Morgan fingerprint density at radius 3 is 2.77 bits per heavy atom. The number of nitrogens with zero attached hydrogens (tertiary/aromatic N) is 3. The first-order valence-electron chi connectivity index (χ1n) is 8.23. The number of ether oxygens (including phenoxy) is 1. The molecule has 2 atom stereocenters. The second kappa shape index (κ2) is 7.30. The van der Waals surface area contributed by atoms with E-state index in [1.807, 2.05) is 13.0 Å². The minimum atomic E-state index is -4.46. The summed E-state index contributed by atoms with van der Waals surface area (Å²) in [6.07, 6.45) is -2.62. The van der Waals surface area contributed by atoms with Gasteiger partial charge in [-0.05, 0) is 38.4 Å². The molecule has 1 saturated heterocycles. The quantitative estimate of drug-likeness (QED) is 0.901. The largest absolute Gasteiger partial charge is 0.473 e. The smallest absolute Gasteiger partial charge is 0.416 e. The molecule has 1 aliphatic rings. The number of nitrogens with one attached hydrogen (secondary N) is 1. The molecule has 1 unspecified atom stereocenters. The van der Waals surface area contributed by atoms with E-state index in [0.29, 0.717) is 0 Å². The van der Waals surface area contributed by atoms with Crippen LogP contribution in [0.25, 0.3) is 11.3 Å². The molecule has 3 rings (SSSR count). The molecule has 26 heavy (non-hydrogen) atoms. The third-order valence-electron chi connectivity index (χ3n) is 4.26. The van der Waals surface area contributed by atoms with Crippen molar-refractivity contribution < 1.29 is 17.9 Å². The molecule has 136 valence electrons. The lowest BCUT2D eigenvalue weighted by Gasteiger charge is -2.20. The molecule has 0 aliphatic carbocycles. The first-order chi connectivity index (χ1) is 12.4. The fourth-order valence-corrected chi connectivity index (χ4v) is 2.92. The zero-order valence-corrected chi connectivity index (χ0v) is 14.0. The molecule has 0 amide bonds. The fraction of sp³-hybridized carbons (Fsp3) is 0.389. The van der Waals surface area contributed by atoms with Crippen molar-refractivity contribution >= 4 is 0 Å². The van der Waals surface area contributed by atoms with Crippen LogP contribution < -0.4 is 10.1 Å². The van der Waals surface area contributed by atoms with Gasteiger partial charge in [-0.25, -0.2) is 4.98 Å². The van der Waals surface area contributed by atoms with Gasteiger partial charge in [-0.2, -0.15) is 23.4 Å². The maximum Gasteiger partial charge on any atom is 0.416 e. The average molecular weight is 362 g/mol. The van der Waals surface area contributed by atoms with Gasteiger partial charge >= 0.3 is 6.18 Å². The Hall–Kier alpha value is -2.66. The number of rotatable bonds is 4. The van der Waals surface area contributed by atoms with E-state index in [1.165, 1.54) is 18.2 Å². The SMILES string of the molecule is CC(Oc1cc(-c2cccc(C(F)(F)F)c2)nc(C#N)n1)[C@@H]1CCCN1. The van der Waals surface area contributed by atoms with Crippen molar-refractivity contribution in [2.24, 2.45) is 0 Å². The molecule has 2 aromatic rings. The highest BCUT2D eigenvalue weighted by Gasteiger charge is 2.30. The molecule has 0 radical (unpaired) electrons. The van der Waals surface area contributed by atoms with Crippen LogP contribution in [0.1, 0.15) is 31.2 Å². The zero-order valence-electron chi connectivity index (χ0n) is 14.0. The van der Waals surface area contributed by atoms with E-state index >= 15 is 0 Å². The van der Waals surface area contributed by atoms with E-state index in [0.717, 1.165) is 31.5 Å². The minimum Gasteiger partial charge on any atom is -0.473 e. The van der Waals surface area contributed by atoms with Crippen molar-refractivity contribution in [3.63, 3.8) is 0 Å². The van der Waals surface area contributed by atoms with Crippen molar-refractivity contribution in [2.45, 2.75) is 38.1 Å². The van der Waals surface area contributed by atoms with Crippen LogP contribution in [0, 0.1) is 11.3 Å². The minimum absolute atomic E-state index is 0.151. The normalized spacial score (nSPS) is 18.3. The van der Waals surface area contributed by atoms with Gasteiger partial charge in [0.2, 0.25) is 11.7 Å². The maximum atomic E-state index is 12.9. The van der Waals surface area contributed by atoms with Gasteiger partial charge in [0.25, 0.3) is 0 Å². The Balaban J connectivity index is 1.92. The molecule has 0 bridgehead atoms. The van der Waals surface area contributed by atoms with Crippen LogP contribution in [0.2, 0.25) is 0 Å².